The molecule has 9 nitrogen and oxygen atoms in total. The number of hydrogen-bond donors (Lipinski definition) is 2. The van der Waals surface area contributed by atoms with Gasteiger partial charge < -0.3 is 10.2 Å². The van der Waals surface area contributed by atoms with Gasteiger partial charge in [0.15, 0.2) is 0 Å². The average molecular weight is 419 g/mol. The molecule has 152 valence electrons. The molecule has 1 aromatic carbocycles. The van der Waals surface area contributed by atoms with Crippen molar-refractivity contribution in [1.82, 2.24) is 19.2 Å². The van der Waals surface area contributed by atoms with Crippen LogP contribution < -0.4 is 10.0 Å². The molecule has 0 unspecified atom stereocenters. The van der Waals surface area contributed by atoms with E-state index in [1.165, 1.54) is 16.4 Å². The Labute approximate surface area is 160 Å². The van der Waals surface area contributed by atoms with Crippen LogP contribution in [0.2, 0.25) is 0 Å². The lowest BCUT2D eigenvalue weighted by Gasteiger charge is -2.21. The van der Waals surface area contributed by atoms with Gasteiger partial charge in [0.05, 0.1) is 11.2 Å². The lowest BCUT2D eigenvalue weighted by atomic mass is 10.2. The minimum Gasteiger partial charge on any atom is -0.337 e. The third-order valence-electron chi connectivity index (χ3n) is 4.24. The molecule has 0 bridgehead atoms. The Morgan fingerprint density at radius 1 is 1.00 bits per heavy atom. The van der Waals surface area contributed by atoms with Gasteiger partial charge in [0.25, 0.3) is 0 Å². The first kappa shape index (κ1) is 21.6. The van der Waals surface area contributed by atoms with Crippen LogP contribution in [-0.2, 0) is 20.0 Å². The van der Waals surface area contributed by atoms with Gasteiger partial charge in [-0.2, -0.15) is 0 Å². The van der Waals surface area contributed by atoms with Crippen LogP contribution in [0.4, 0.5) is 4.79 Å². The third kappa shape index (κ3) is 6.45. The van der Waals surface area contributed by atoms with E-state index in [4.69, 9.17) is 0 Å². The molecule has 0 saturated carbocycles. The third-order valence-corrected chi connectivity index (χ3v) is 7.02. The van der Waals surface area contributed by atoms with Crippen molar-refractivity contribution >= 4 is 26.1 Å². The van der Waals surface area contributed by atoms with Crippen LogP contribution in [-0.4, -0.2) is 77.6 Å². The summed E-state index contributed by atoms with van der Waals surface area (Å²) in [6, 6.07) is 6.16. The highest BCUT2D eigenvalue weighted by Gasteiger charge is 2.23. The summed E-state index contributed by atoms with van der Waals surface area (Å²) < 4.78 is 51.3. The van der Waals surface area contributed by atoms with Gasteiger partial charge in [0.2, 0.25) is 20.0 Å². The molecule has 1 aliphatic heterocycles. The van der Waals surface area contributed by atoms with E-state index < -0.39 is 20.0 Å². The molecule has 0 aromatic heterocycles. The van der Waals surface area contributed by atoms with Gasteiger partial charge >= 0.3 is 6.03 Å². The summed E-state index contributed by atoms with van der Waals surface area (Å²) in [6.45, 7) is 3.46. The maximum Gasteiger partial charge on any atom is 0.317 e. The molecule has 2 rings (SSSR count). The molecule has 1 fully saturated rings. The summed E-state index contributed by atoms with van der Waals surface area (Å²) in [7, 11) is -6.88. The quantitative estimate of drug-likeness (QED) is 0.629. The molecule has 0 aliphatic carbocycles. The smallest absolute Gasteiger partial charge is 0.317 e. The van der Waals surface area contributed by atoms with E-state index in [0.717, 1.165) is 11.8 Å². The number of sulfonamides is 2. The summed E-state index contributed by atoms with van der Waals surface area (Å²) >= 11 is 0. The number of nitrogens with one attached hydrogen (secondary N) is 2. The van der Waals surface area contributed by atoms with E-state index in [0.29, 0.717) is 26.1 Å². The monoisotopic (exact) mass is 418 g/mol. The van der Waals surface area contributed by atoms with Crippen molar-refractivity contribution in [1.29, 1.82) is 0 Å². The fourth-order valence-electron chi connectivity index (χ4n) is 2.70. The van der Waals surface area contributed by atoms with E-state index in [1.807, 2.05) is 6.92 Å². The second-order valence-corrected chi connectivity index (χ2v) is 10.2. The maximum absolute atomic E-state index is 12.2. The molecule has 0 atom stereocenters. The van der Waals surface area contributed by atoms with Crippen LogP contribution in [0.1, 0.15) is 12.0 Å². The zero-order chi connectivity index (χ0) is 20.1. The highest BCUT2D eigenvalue weighted by molar-refractivity contribution is 7.89. The number of carbonyl (C=O) groups excluding carboxylic acids is 1. The van der Waals surface area contributed by atoms with E-state index in [2.05, 4.69) is 10.0 Å². The first-order valence-electron chi connectivity index (χ1n) is 8.64. The normalized spacial score (nSPS) is 16.7. The number of aryl methyl sites for hydroxylation is 1. The van der Waals surface area contributed by atoms with Gasteiger partial charge in [-0.1, -0.05) is 17.7 Å². The number of rotatable bonds is 6. The predicted octanol–water partition coefficient (Wildman–Crippen LogP) is -0.0498. The Hall–Kier alpha value is -1.69. The topological polar surface area (TPSA) is 116 Å². The summed E-state index contributed by atoms with van der Waals surface area (Å²) in [5.41, 5.74) is 0.966. The highest BCUT2D eigenvalue weighted by Crippen LogP contribution is 2.09. The summed E-state index contributed by atoms with van der Waals surface area (Å²) in [5, 5.41) is 2.66. The standard InChI is InChI=1S/C16H26N4O5S2/c1-14-4-6-15(7-5-14)27(24,25)18-9-8-17-16(21)19-10-3-11-20(13-12-19)26(2,22)23/h4-7,18H,3,8-13H2,1-2H3,(H,17,21). The highest BCUT2D eigenvalue weighted by atomic mass is 32.2. The van der Waals surface area contributed by atoms with Gasteiger partial charge in [0.1, 0.15) is 0 Å². The number of hydrogen-bond acceptors (Lipinski definition) is 5. The van der Waals surface area contributed by atoms with Crippen molar-refractivity contribution in [3.05, 3.63) is 29.8 Å². The number of amides is 2. The van der Waals surface area contributed by atoms with Gasteiger partial charge in [-0.25, -0.2) is 30.7 Å². The molecular formula is C16H26N4O5S2. The summed E-state index contributed by atoms with van der Waals surface area (Å²) in [6.07, 6.45) is 1.71. The Morgan fingerprint density at radius 2 is 1.67 bits per heavy atom. The molecule has 1 aromatic rings. The number of urea groups is 1. The maximum atomic E-state index is 12.2. The van der Waals surface area contributed by atoms with Crippen molar-refractivity contribution in [3.8, 4) is 0 Å². The first-order valence-corrected chi connectivity index (χ1v) is 12.0. The van der Waals surface area contributed by atoms with Crippen molar-refractivity contribution < 1.29 is 21.6 Å². The molecule has 2 N–H and O–H groups in total. The average Bonchev–Trinajstić information content (AvgIpc) is 2.85. The minimum absolute atomic E-state index is 0.0608. The van der Waals surface area contributed by atoms with E-state index >= 15 is 0 Å². The van der Waals surface area contributed by atoms with Crippen LogP contribution in [0.25, 0.3) is 0 Å². The fourth-order valence-corrected chi connectivity index (χ4v) is 4.60. The van der Waals surface area contributed by atoms with Crippen LogP contribution in [0.5, 0.6) is 0 Å². The lowest BCUT2D eigenvalue weighted by Crippen LogP contribution is -2.44. The predicted molar refractivity (Wildman–Crippen MR) is 102 cm³/mol. The Kier molecular flexibility index (Phi) is 7.20. The largest absolute Gasteiger partial charge is 0.337 e. The lowest BCUT2D eigenvalue weighted by molar-refractivity contribution is 0.200. The summed E-state index contributed by atoms with van der Waals surface area (Å²) in [4.78, 5) is 13.9. The van der Waals surface area contributed by atoms with E-state index in [1.54, 1.807) is 17.0 Å². The molecule has 1 saturated heterocycles. The van der Waals surface area contributed by atoms with Crippen molar-refractivity contribution in [2.24, 2.45) is 0 Å². The summed E-state index contributed by atoms with van der Waals surface area (Å²) in [5.74, 6) is 0. The van der Waals surface area contributed by atoms with Crippen molar-refractivity contribution in [2.75, 3.05) is 45.5 Å². The van der Waals surface area contributed by atoms with Crippen LogP contribution >= 0.6 is 0 Å². The van der Waals surface area contributed by atoms with Gasteiger partial charge in [-0.15, -0.1) is 0 Å². The van der Waals surface area contributed by atoms with Crippen LogP contribution in [0.15, 0.2) is 29.2 Å². The zero-order valence-corrected chi connectivity index (χ0v) is 17.1. The molecule has 1 aliphatic rings. The Balaban J connectivity index is 1.78. The van der Waals surface area contributed by atoms with E-state index in [-0.39, 0.29) is 30.6 Å². The minimum atomic E-state index is -3.62. The van der Waals surface area contributed by atoms with Crippen molar-refractivity contribution in [3.63, 3.8) is 0 Å². The number of benzene rings is 1. The second-order valence-electron chi connectivity index (χ2n) is 6.45. The molecular weight excluding hydrogens is 392 g/mol. The molecule has 2 amide bonds. The number of nitrogens with zero attached hydrogens (tertiary/aromatic N) is 2. The van der Waals surface area contributed by atoms with Gasteiger partial charge in [-0.3, -0.25) is 0 Å². The van der Waals surface area contributed by atoms with E-state index in [9.17, 15) is 21.6 Å². The molecule has 11 heteroatoms. The molecule has 27 heavy (non-hydrogen) atoms. The van der Waals surface area contributed by atoms with Crippen LogP contribution in [0.3, 0.4) is 0 Å². The van der Waals surface area contributed by atoms with Crippen molar-refractivity contribution in [2.45, 2.75) is 18.2 Å². The Bertz CT molecular complexity index is 853. The molecule has 0 spiro atoms. The first-order chi connectivity index (χ1) is 12.6. The second kappa shape index (κ2) is 9.00. The van der Waals surface area contributed by atoms with Gasteiger partial charge in [0, 0.05) is 39.3 Å². The fraction of sp³-hybridized carbons (Fsp3) is 0.562. The number of carbonyl (C=O) groups is 1. The molecule has 1 heterocycles. The molecule has 0 radical (unpaired) electrons. The Morgan fingerprint density at radius 3 is 2.30 bits per heavy atom. The SMILES string of the molecule is Cc1ccc(S(=O)(=O)NCCNC(=O)N2CCCN(S(C)(=O)=O)CC2)cc1. The zero-order valence-electron chi connectivity index (χ0n) is 15.5. The van der Waals surface area contributed by atoms with Gasteiger partial charge in [-0.05, 0) is 25.5 Å². The van der Waals surface area contributed by atoms with Crippen LogP contribution in [0, 0.1) is 6.92 Å².